The molecular weight excluding hydrogens is 404 g/mol. The van der Waals surface area contributed by atoms with Crippen LogP contribution in [0.1, 0.15) is 17.1 Å². The highest BCUT2D eigenvalue weighted by molar-refractivity contribution is 14.0. The normalized spacial score (nSPS) is 11.9. The Morgan fingerprint density at radius 1 is 1.35 bits per heavy atom. The first-order chi connectivity index (χ1) is 8.90. The van der Waals surface area contributed by atoms with Gasteiger partial charge in [-0.1, -0.05) is 0 Å². The topological polar surface area (TPSA) is 49.3 Å². The molecule has 20 heavy (non-hydrogen) atoms. The van der Waals surface area contributed by atoms with E-state index in [-0.39, 0.29) is 30.5 Å². The van der Waals surface area contributed by atoms with Crippen molar-refractivity contribution in [1.29, 1.82) is 0 Å². The molecule has 0 spiro atoms. The van der Waals surface area contributed by atoms with E-state index < -0.39 is 12.6 Å². The first kappa shape index (κ1) is 19.4. The fourth-order valence-electron chi connectivity index (χ4n) is 1.38. The minimum absolute atomic E-state index is 0. The van der Waals surface area contributed by atoms with Gasteiger partial charge in [0.15, 0.2) is 5.96 Å². The Bertz CT molecular complexity index is 420. The molecular formula is C11H18F3IN4S. The minimum atomic E-state index is -4.15. The fraction of sp³-hybridized carbons (Fsp3) is 0.636. The molecule has 0 aliphatic heterocycles. The zero-order valence-electron chi connectivity index (χ0n) is 11.3. The van der Waals surface area contributed by atoms with E-state index in [1.54, 1.807) is 11.3 Å². The molecule has 1 aromatic heterocycles. The van der Waals surface area contributed by atoms with Gasteiger partial charge in [0.25, 0.3) is 0 Å². The van der Waals surface area contributed by atoms with E-state index in [1.807, 2.05) is 12.3 Å². The van der Waals surface area contributed by atoms with Crippen molar-refractivity contribution in [3.05, 3.63) is 16.1 Å². The third kappa shape index (κ3) is 8.56. The van der Waals surface area contributed by atoms with Gasteiger partial charge in [0.1, 0.15) is 0 Å². The summed E-state index contributed by atoms with van der Waals surface area (Å²) in [6, 6.07) is 0. The third-order valence-electron chi connectivity index (χ3n) is 2.26. The van der Waals surface area contributed by atoms with Crippen LogP contribution in [0.4, 0.5) is 13.2 Å². The molecule has 0 saturated heterocycles. The summed E-state index contributed by atoms with van der Waals surface area (Å²) in [5, 5.41) is 8.54. The van der Waals surface area contributed by atoms with Crippen LogP contribution in [-0.2, 0) is 6.42 Å². The quantitative estimate of drug-likeness (QED) is 0.436. The van der Waals surface area contributed by atoms with Gasteiger partial charge in [0, 0.05) is 31.9 Å². The summed E-state index contributed by atoms with van der Waals surface area (Å²) in [4.78, 5) is 8.15. The Hall–Kier alpha value is -0.580. The van der Waals surface area contributed by atoms with Crippen LogP contribution in [0.2, 0.25) is 0 Å². The first-order valence-corrected chi connectivity index (χ1v) is 6.71. The van der Waals surface area contributed by atoms with Crippen molar-refractivity contribution in [1.82, 2.24) is 15.6 Å². The Balaban J connectivity index is 0.00000361. The number of nitrogens with zero attached hydrogens (tertiary/aromatic N) is 2. The molecule has 0 saturated carbocycles. The average Bonchev–Trinajstić information content (AvgIpc) is 2.71. The predicted octanol–water partition coefficient (Wildman–Crippen LogP) is 2.73. The lowest BCUT2D eigenvalue weighted by atomic mass is 10.3. The zero-order valence-corrected chi connectivity index (χ0v) is 14.4. The molecule has 0 aliphatic rings. The second-order valence-corrected chi connectivity index (χ2v) is 4.96. The first-order valence-electron chi connectivity index (χ1n) is 5.83. The Labute approximate surface area is 137 Å². The predicted molar refractivity (Wildman–Crippen MR) is 86.0 cm³/mol. The summed E-state index contributed by atoms with van der Waals surface area (Å²) >= 11 is 1.58. The highest BCUT2D eigenvalue weighted by Gasteiger charge is 2.26. The summed E-state index contributed by atoms with van der Waals surface area (Å²) in [7, 11) is 1.52. The van der Waals surface area contributed by atoms with Crippen molar-refractivity contribution in [3.63, 3.8) is 0 Å². The van der Waals surface area contributed by atoms with E-state index in [9.17, 15) is 13.2 Å². The van der Waals surface area contributed by atoms with Gasteiger partial charge in [-0.15, -0.1) is 35.3 Å². The van der Waals surface area contributed by atoms with E-state index in [4.69, 9.17) is 0 Å². The van der Waals surface area contributed by atoms with Crippen molar-refractivity contribution in [2.24, 2.45) is 4.99 Å². The molecule has 1 rings (SSSR count). The summed E-state index contributed by atoms with van der Waals surface area (Å²) in [5.41, 5.74) is 0.973. The lowest BCUT2D eigenvalue weighted by Crippen LogP contribution is -2.39. The smallest absolute Gasteiger partial charge is 0.356 e. The standard InChI is InChI=1S/C11H17F3N4S.HI/c1-8-18-9(7-19-8)3-5-16-10(15-2)17-6-4-11(12,13)14;/h7H,3-6H2,1-2H3,(H2,15,16,17);1H. The average molecular weight is 422 g/mol. The minimum Gasteiger partial charge on any atom is -0.356 e. The van der Waals surface area contributed by atoms with Gasteiger partial charge in [-0.2, -0.15) is 13.2 Å². The molecule has 2 N–H and O–H groups in total. The van der Waals surface area contributed by atoms with Gasteiger partial charge >= 0.3 is 6.18 Å². The van der Waals surface area contributed by atoms with Gasteiger partial charge in [-0.3, -0.25) is 4.99 Å². The van der Waals surface area contributed by atoms with Crippen LogP contribution in [0.3, 0.4) is 0 Å². The maximum Gasteiger partial charge on any atom is 0.390 e. The Kier molecular flexibility index (Phi) is 9.10. The molecule has 0 fully saturated rings. The highest BCUT2D eigenvalue weighted by Crippen LogP contribution is 2.17. The van der Waals surface area contributed by atoms with E-state index in [0.29, 0.717) is 18.9 Å². The summed E-state index contributed by atoms with van der Waals surface area (Å²) in [6.07, 6.45) is -4.31. The van der Waals surface area contributed by atoms with Gasteiger partial charge < -0.3 is 10.6 Å². The van der Waals surface area contributed by atoms with Crippen LogP contribution in [0.15, 0.2) is 10.4 Å². The molecule has 0 atom stereocenters. The highest BCUT2D eigenvalue weighted by atomic mass is 127. The number of halogens is 4. The third-order valence-corrected chi connectivity index (χ3v) is 3.09. The SMILES string of the molecule is CN=C(NCCc1csc(C)n1)NCCC(F)(F)F.I. The number of aryl methyl sites for hydroxylation is 1. The van der Waals surface area contributed by atoms with Crippen LogP contribution in [0.25, 0.3) is 0 Å². The van der Waals surface area contributed by atoms with Crippen molar-refractivity contribution in [2.75, 3.05) is 20.1 Å². The molecule has 0 aliphatic carbocycles. The number of thiazole rings is 1. The molecule has 0 amide bonds. The van der Waals surface area contributed by atoms with Crippen molar-refractivity contribution in [3.8, 4) is 0 Å². The van der Waals surface area contributed by atoms with Crippen LogP contribution >= 0.6 is 35.3 Å². The second kappa shape index (κ2) is 9.37. The lowest BCUT2D eigenvalue weighted by molar-refractivity contribution is -0.132. The van der Waals surface area contributed by atoms with E-state index in [0.717, 1.165) is 10.7 Å². The molecule has 0 radical (unpaired) electrons. The van der Waals surface area contributed by atoms with Crippen LogP contribution < -0.4 is 10.6 Å². The number of aromatic nitrogens is 1. The van der Waals surface area contributed by atoms with Crippen LogP contribution in [-0.4, -0.2) is 37.3 Å². The zero-order chi connectivity index (χ0) is 14.3. The largest absolute Gasteiger partial charge is 0.390 e. The lowest BCUT2D eigenvalue weighted by Gasteiger charge is -2.12. The number of rotatable bonds is 5. The molecule has 116 valence electrons. The maximum absolute atomic E-state index is 12.0. The van der Waals surface area contributed by atoms with Crippen molar-refractivity contribution < 1.29 is 13.2 Å². The molecule has 4 nitrogen and oxygen atoms in total. The molecule has 0 aromatic carbocycles. The monoisotopic (exact) mass is 422 g/mol. The van der Waals surface area contributed by atoms with Crippen molar-refractivity contribution in [2.45, 2.75) is 25.9 Å². The molecule has 1 heterocycles. The molecule has 0 unspecified atom stereocenters. The Morgan fingerprint density at radius 2 is 2.00 bits per heavy atom. The molecule has 0 bridgehead atoms. The number of nitrogens with one attached hydrogen (secondary N) is 2. The van der Waals surface area contributed by atoms with E-state index >= 15 is 0 Å². The van der Waals surface area contributed by atoms with Crippen LogP contribution in [0, 0.1) is 6.92 Å². The van der Waals surface area contributed by atoms with Crippen molar-refractivity contribution >= 4 is 41.3 Å². The number of guanidine groups is 1. The van der Waals surface area contributed by atoms with E-state index in [1.165, 1.54) is 7.05 Å². The van der Waals surface area contributed by atoms with Gasteiger partial charge in [-0.05, 0) is 6.92 Å². The fourth-order valence-corrected chi connectivity index (χ4v) is 2.02. The Morgan fingerprint density at radius 3 is 2.50 bits per heavy atom. The summed E-state index contributed by atoms with van der Waals surface area (Å²) in [5.74, 6) is 0.371. The number of aliphatic imine (C=N–C) groups is 1. The van der Waals surface area contributed by atoms with Gasteiger partial charge in [0.2, 0.25) is 0 Å². The van der Waals surface area contributed by atoms with E-state index in [2.05, 4.69) is 20.6 Å². The maximum atomic E-state index is 12.0. The summed E-state index contributed by atoms with van der Waals surface area (Å²) < 4.78 is 35.9. The van der Waals surface area contributed by atoms with Crippen LogP contribution in [0.5, 0.6) is 0 Å². The number of hydrogen-bond donors (Lipinski definition) is 2. The summed E-state index contributed by atoms with van der Waals surface area (Å²) in [6.45, 7) is 2.33. The van der Waals surface area contributed by atoms with Gasteiger partial charge in [0.05, 0.1) is 17.1 Å². The second-order valence-electron chi connectivity index (χ2n) is 3.90. The number of hydrogen-bond acceptors (Lipinski definition) is 3. The molecule has 9 heteroatoms. The van der Waals surface area contributed by atoms with Gasteiger partial charge in [-0.25, -0.2) is 4.98 Å². The molecule has 1 aromatic rings. The number of alkyl halides is 3.